The number of benzene rings is 1. The molecule has 0 radical (unpaired) electrons. The van der Waals surface area contributed by atoms with Crippen LogP contribution in [0.2, 0.25) is 0 Å². The van der Waals surface area contributed by atoms with Crippen molar-refractivity contribution in [2.75, 3.05) is 25.6 Å². The molecule has 0 aliphatic carbocycles. The van der Waals surface area contributed by atoms with Crippen molar-refractivity contribution < 1.29 is 14.6 Å². The fraction of sp³-hybridized carbons (Fsp3) is 0.500. The molecule has 0 fully saturated rings. The zero-order valence-electron chi connectivity index (χ0n) is 11.9. The zero-order valence-corrected chi connectivity index (χ0v) is 11.9. The van der Waals surface area contributed by atoms with Crippen LogP contribution in [0.25, 0.3) is 0 Å². The zero-order chi connectivity index (χ0) is 14.4. The average molecular weight is 266 g/mol. The average Bonchev–Trinajstić information content (AvgIpc) is 2.37. The van der Waals surface area contributed by atoms with E-state index < -0.39 is 12.0 Å². The number of ether oxygens (including phenoxy) is 1. The van der Waals surface area contributed by atoms with E-state index in [1.54, 1.807) is 7.11 Å². The topological polar surface area (TPSA) is 61.8 Å². The third-order valence-corrected chi connectivity index (χ3v) is 2.79. The summed E-state index contributed by atoms with van der Waals surface area (Å²) in [6.07, 6.45) is 0. The fourth-order valence-electron chi connectivity index (χ4n) is 1.92. The second kappa shape index (κ2) is 6.99. The summed E-state index contributed by atoms with van der Waals surface area (Å²) in [5, 5.41) is 12.3. The van der Waals surface area contributed by atoms with Gasteiger partial charge in [0, 0.05) is 19.6 Å². The molecule has 5 heteroatoms. The minimum absolute atomic E-state index is 0.118. The number of nitrogens with zero attached hydrogens (tertiary/aromatic N) is 1. The van der Waals surface area contributed by atoms with Gasteiger partial charge in [0.2, 0.25) is 0 Å². The standard InChI is InChI=1S/C14H22N2O3/c1-10(2)15-11(14(17)18)9-16(3)12-7-5-6-8-13(12)19-4/h5-8,10-11,15H,9H2,1-4H3,(H,17,18). The first-order chi connectivity index (χ1) is 8.95. The van der Waals surface area contributed by atoms with Crippen LogP contribution in [0.1, 0.15) is 13.8 Å². The Hall–Kier alpha value is -1.75. The molecular formula is C14H22N2O3. The molecule has 0 aromatic heterocycles. The van der Waals surface area contributed by atoms with Crippen molar-refractivity contribution in [3.05, 3.63) is 24.3 Å². The summed E-state index contributed by atoms with van der Waals surface area (Å²) < 4.78 is 5.28. The maximum Gasteiger partial charge on any atom is 0.322 e. The monoisotopic (exact) mass is 266 g/mol. The molecular weight excluding hydrogens is 244 g/mol. The number of aliphatic carboxylic acids is 1. The van der Waals surface area contributed by atoms with Crippen LogP contribution < -0.4 is 15.0 Å². The first-order valence-electron chi connectivity index (χ1n) is 6.28. The minimum Gasteiger partial charge on any atom is -0.495 e. The van der Waals surface area contributed by atoms with E-state index in [1.165, 1.54) is 0 Å². The highest BCUT2D eigenvalue weighted by Crippen LogP contribution is 2.26. The van der Waals surface area contributed by atoms with Crippen molar-refractivity contribution in [1.29, 1.82) is 0 Å². The molecule has 0 heterocycles. The number of nitrogens with one attached hydrogen (secondary N) is 1. The van der Waals surface area contributed by atoms with Gasteiger partial charge in [-0.1, -0.05) is 26.0 Å². The van der Waals surface area contributed by atoms with E-state index in [9.17, 15) is 9.90 Å². The van der Waals surface area contributed by atoms with Gasteiger partial charge in [0.25, 0.3) is 0 Å². The predicted molar refractivity (Wildman–Crippen MR) is 76.0 cm³/mol. The van der Waals surface area contributed by atoms with E-state index in [0.717, 1.165) is 11.4 Å². The number of rotatable bonds is 7. The Kier molecular flexibility index (Phi) is 5.63. The first kappa shape index (κ1) is 15.3. The number of anilines is 1. The maximum absolute atomic E-state index is 11.2. The minimum atomic E-state index is -0.851. The van der Waals surface area contributed by atoms with Gasteiger partial charge >= 0.3 is 5.97 Å². The highest BCUT2D eigenvalue weighted by atomic mass is 16.5. The molecule has 1 aromatic rings. The van der Waals surface area contributed by atoms with Crippen LogP contribution in [0.15, 0.2) is 24.3 Å². The molecule has 2 N–H and O–H groups in total. The number of para-hydroxylation sites is 2. The maximum atomic E-state index is 11.2. The van der Waals surface area contributed by atoms with Gasteiger partial charge in [-0.15, -0.1) is 0 Å². The van der Waals surface area contributed by atoms with Gasteiger partial charge in [-0.25, -0.2) is 0 Å². The number of carboxylic acid groups (broad SMARTS) is 1. The number of hydrogen-bond acceptors (Lipinski definition) is 4. The molecule has 1 aromatic carbocycles. The lowest BCUT2D eigenvalue weighted by Crippen LogP contribution is -2.47. The number of hydrogen-bond donors (Lipinski definition) is 2. The van der Waals surface area contributed by atoms with E-state index in [2.05, 4.69) is 5.32 Å². The molecule has 1 atom stereocenters. The van der Waals surface area contributed by atoms with Crippen LogP contribution in [-0.4, -0.2) is 43.9 Å². The van der Waals surface area contributed by atoms with Gasteiger partial charge in [-0.3, -0.25) is 4.79 Å². The molecule has 1 unspecified atom stereocenters. The van der Waals surface area contributed by atoms with E-state index in [4.69, 9.17) is 4.74 Å². The highest BCUT2D eigenvalue weighted by Gasteiger charge is 2.21. The van der Waals surface area contributed by atoms with E-state index >= 15 is 0 Å². The molecule has 5 nitrogen and oxygen atoms in total. The Morgan fingerprint density at radius 2 is 2.05 bits per heavy atom. The molecule has 0 aliphatic heterocycles. The Labute approximate surface area is 114 Å². The van der Waals surface area contributed by atoms with Crippen molar-refractivity contribution in [2.24, 2.45) is 0 Å². The van der Waals surface area contributed by atoms with Gasteiger partial charge in [0.05, 0.1) is 12.8 Å². The van der Waals surface area contributed by atoms with Gasteiger partial charge in [0.1, 0.15) is 11.8 Å². The molecule has 0 amide bonds. The third-order valence-electron chi connectivity index (χ3n) is 2.79. The van der Waals surface area contributed by atoms with E-state index in [-0.39, 0.29) is 6.04 Å². The normalized spacial score (nSPS) is 12.3. The molecule has 106 valence electrons. The van der Waals surface area contributed by atoms with Crippen LogP contribution >= 0.6 is 0 Å². The molecule has 0 saturated carbocycles. The van der Waals surface area contributed by atoms with Crippen LogP contribution in [0.4, 0.5) is 5.69 Å². The lowest BCUT2D eigenvalue weighted by molar-refractivity contribution is -0.139. The summed E-state index contributed by atoms with van der Waals surface area (Å²) >= 11 is 0. The Morgan fingerprint density at radius 1 is 1.42 bits per heavy atom. The van der Waals surface area contributed by atoms with Crippen molar-refractivity contribution in [1.82, 2.24) is 5.32 Å². The van der Waals surface area contributed by atoms with Crippen LogP contribution in [0.5, 0.6) is 5.75 Å². The molecule has 0 bridgehead atoms. The second-order valence-corrected chi connectivity index (χ2v) is 4.76. The van der Waals surface area contributed by atoms with Gasteiger partial charge in [-0.2, -0.15) is 0 Å². The molecule has 0 spiro atoms. The SMILES string of the molecule is COc1ccccc1N(C)CC(NC(C)C)C(=O)O. The van der Waals surface area contributed by atoms with E-state index in [0.29, 0.717) is 6.54 Å². The predicted octanol–water partition coefficient (Wildman–Crippen LogP) is 1.58. The smallest absolute Gasteiger partial charge is 0.322 e. The Balaban J connectivity index is 2.81. The van der Waals surface area contributed by atoms with Crippen molar-refractivity contribution in [2.45, 2.75) is 25.9 Å². The quantitative estimate of drug-likeness (QED) is 0.784. The van der Waals surface area contributed by atoms with Gasteiger partial charge < -0.3 is 20.1 Å². The summed E-state index contributed by atoms with van der Waals surface area (Å²) in [6.45, 7) is 4.23. The number of methoxy groups -OCH3 is 1. The molecule has 1 rings (SSSR count). The summed E-state index contributed by atoms with van der Waals surface area (Å²) in [7, 11) is 3.46. The number of carboxylic acids is 1. The van der Waals surface area contributed by atoms with Crippen LogP contribution in [-0.2, 0) is 4.79 Å². The Bertz CT molecular complexity index is 421. The summed E-state index contributed by atoms with van der Waals surface area (Å²) in [6, 6.07) is 7.06. The molecule has 19 heavy (non-hydrogen) atoms. The number of carbonyl (C=O) groups is 1. The second-order valence-electron chi connectivity index (χ2n) is 4.76. The lowest BCUT2D eigenvalue weighted by atomic mass is 10.2. The van der Waals surface area contributed by atoms with Crippen molar-refractivity contribution in [3.8, 4) is 5.75 Å². The lowest BCUT2D eigenvalue weighted by Gasteiger charge is -2.26. The summed E-state index contributed by atoms with van der Waals surface area (Å²) in [5.74, 6) is -0.117. The van der Waals surface area contributed by atoms with E-state index in [1.807, 2.05) is 50.1 Å². The van der Waals surface area contributed by atoms with Crippen molar-refractivity contribution >= 4 is 11.7 Å². The molecule has 0 saturated heterocycles. The Morgan fingerprint density at radius 3 is 2.58 bits per heavy atom. The van der Waals surface area contributed by atoms with Crippen LogP contribution in [0.3, 0.4) is 0 Å². The number of likely N-dealkylation sites (N-methyl/N-ethyl adjacent to an activating group) is 1. The largest absolute Gasteiger partial charge is 0.495 e. The fourth-order valence-corrected chi connectivity index (χ4v) is 1.92. The van der Waals surface area contributed by atoms with Crippen LogP contribution in [0, 0.1) is 0 Å². The summed E-state index contributed by atoms with van der Waals surface area (Å²) in [4.78, 5) is 13.1. The van der Waals surface area contributed by atoms with Gasteiger partial charge in [0.15, 0.2) is 0 Å². The van der Waals surface area contributed by atoms with Crippen molar-refractivity contribution in [3.63, 3.8) is 0 Å². The first-order valence-corrected chi connectivity index (χ1v) is 6.28. The summed E-state index contributed by atoms with van der Waals surface area (Å²) in [5.41, 5.74) is 0.877. The molecule has 0 aliphatic rings. The highest BCUT2D eigenvalue weighted by molar-refractivity contribution is 5.75. The van der Waals surface area contributed by atoms with Gasteiger partial charge in [-0.05, 0) is 12.1 Å². The third kappa shape index (κ3) is 4.44.